The fourth-order valence-corrected chi connectivity index (χ4v) is 3.69. The van der Waals surface area contributed by atoms with Gasteiger partial charge in [-0.3, -0.25) is 4.99 Å². The van der Waals surface area contributed by atoms with Gasteiger partial charge in [0.2, 0.25) is 0 Å². The van der Waals surface area contributed by atoms with Gasteiger partial charge >= 0.3 is 0 Å². The SMILES string of the molecule is CCOCCC1(CN=C(N)N2CCCCCC2)CCCC1. The number of rotatable bonds is 6. The summed E-state index contributed by atoms with van der Waals surface area (Å²) in [5.41, 5.74) is 6.61. The number of hydrogen-bond donors (Lipinski definition) is 1. The van der Waals surface area contributed by atoms with E-state index in [2.05, 4.69) is 11.8 Å². The van der Waals surface area contributed by atoms with Crippen LogP contribution in [0.15, 0.2) is 4.99 Å². The first kappa shape index (κ1) is 16.6. The van der Waals surface area contributed by atoms with Crippen molar-refractivity contribution in [2.45, 2.75) is 64.7 Å². The van der Waals surface area contributed by atoms with E-state index in [1.54, 1.807) is 0 Å². The molecule has 1 saturated carbocycles. The monoisotopic (exact) mass is 295 g/mol. The normalized spacial score (nSPS) is 23.3. The highest BCUT2D eigenvalue weighted by atomic mass is 16.5. The van der Waals surface area contributed by atoms with Crippen LogP contribution in [0.2, 0.25) is 0 Å². The fourth-order valence-electron chi connectivity index (χ4n) is 3.69. The number of nitrogens with zero attached hydrogens (tertiary/aromatic N) is 2. The first-order valence-corrected chi connectivity index (χ1v) is 8.88. The van der Waals surface area contributed by atoms with Crippen molar-refractivity contribution in [2.24, 2.45) is 16.1 Å². The molecule has 21 heavy (non-hydrogen) atoms. The molecule has 0 spiro atoms. The van der Waals surface area contributed by atoms with E-state index in [1.165, 1.54) is 51.4 Å². The van der Waals surface area contributed by atoms with Crippen molar-refractivity contribution in [1.82, 2.24) is 4.90 Å². The van der Waals surface area contributed by atoms with Crippen LogP contribution in [0, 0.1) is 5.41 Å². The highest BCUT2D eigenvalue weighted by Gasteiger charge is 2.33. The van der Waals surface area contributed by atoms with Crippen molar-refractivity contribution in [3.63, 3.8) is 0 Å². The Hall–Kier alpha value is -0.770. The summed E-state index contributed by atoms with van der Waals surface area (Å²) in [7, 11) is 0. The molecule has 0 aromatic rings. The molecule has 2 rings (SSSR count). The summed E-state index contributed by atoms with van der Waals surface area (Å²) < 4.78 is 5.57. The number of likely N-dealkylation sites (tertiary alicyclic amines) is 1. The predicted molar refractivity (Wildman–Crippen MR) is 88.5 cm³/mol. The molecule has 0 aromatic carbocycles. The Balaban J connectivity index is 1.88. The van der Waals surface area contributed by atoms with E-state index >= 15 is 0 Å². The molecular weight excluding hydrogens is 262 g/mol. The van der Waals surface area contributed by atoms with Crippen LogP contribution >= 0.6 is 0 Å². The second kappa shape index (κ2) is 8.62. The quantitative estimate of drug-likeness (QED) is 0.465. The molecule has 1 aliphatic heterocycles. The molecule has 1 saturated heterocycles. The smallest absolute Gasteiger partial charge is 0.191 e. The highest BCUT2D eigenvalue weighted by Crippen LogP contribution is 2.41. The first-order chi connectivity index (χ1) is 10.3. The van der Waals surface area contributed by atoms with Crippen LogP contribution in [0.5, 0.6) is 0 Å². The molecule has 1 heterocycles. The molecule has 0 amide bonds. The Morgan fingerprint density at radius 2 is 1.76 bits per heavy atom. The summed E-state index contributed by atoms with van der Waals surface area (Å²) in [6.07, 6.45) is 11.6. The number of hydrogen-bond acceptors (Lipinski definition) is 2. The van der Waals surface area contributed by atoms with Crippen molar-refractivity contribution in [3.8, 4) is 0 Å². The molecule has 0 bridgehead atoms. The Kier molecular flexibility index (Phi) is 6.81. The lowest BCUT2D eigenvalue weighted by Crippen LogP contribution is -2.39. The van der Waals surface area contributed by atoms with Gasteiger partial charge in [-0.15, -0.1) is 0 Å². The molecule has 2 N–H and O–H groups in total. The summed E-state index contributed by atoms with van der Waals surface area (Å²) in [6.45, 7) is 6.81. The van der Waals surface area contributed by atoms with Gasteiger partial charge in [-0.2, -0.15) is 0 Å². The summed E-state index contributed by atoms with van der Waals surface area (Å²) >= 11 is 0. The van der Waals surface area contributed by atoms with E-state index in [9.17, 15) is 0 Å². The number of nitrogens with two attached hydrogens (primary N) is 1. The van der Waals surface area contributed by atoms with Gasteiger partial charge in [0.15, 0.2) is 5.96 Å². The summed E-state index contributed by atoms with van der Waals surface area (Å²) in [4.78, 5) is 7.08. The largest absolute Gasteiger partial charge is 0.382 e. The number of aliphatic imine (C=N–C) groups is 1. The van der Waals surface area contributed by atoms with Gasteiger partial charge in [0.05, 0.1) is 0 Å². The molecule has 0 aromatic heterocycles. The standard InChI is InChI=1S/C17H33N3O/c1-2-21-14-11-17(9-5-6-10-17)15-19-16(18)20-12-7-3-4-8-13-20/h2-15H2,1H3,(H2,18,19). The van der Waals surface area contributed by atoms with Crippen molar-refractivity contribution < 1.29 is 4.74 Å². The lowest BCUT2D eigenvalue weighted by molar-refractivity contribution is 0.107. The molecule has 122 valence electrons. The molecule has 4 nitrogen and oxygen atoms in total. The van der Waals surface area contributed by atoms with Gasteiger partial charge in [-0.05, 0) is 44.4 Å². The summed E-state index contributed by atoms with van der Waals surface area (Å²) in [5.74, 6) is 0.777. The molecule has 2 aliphatic rings. The minimum Gasteiger partial charge on any atom is -0.382 e. The molecule has 0 atom stereocenters. The average Bonchev–Trinajstić information content (AvgIpc) is 2.79. The minimum atomic E-state index is 0.353. The van der Waals surface area contributed by atoms with Gasteiger partial charge < -0.3 is 15.4 Å². The Bertz CT molecular complexity index is 316. The van der Waals surface area contributed by atoms with Crippen LogP contribution in [-0.4, -0.2) is 43.7 Å². The molecule has 0 radical (unpaired) electrons. The molecule has 2 fully saturated rings. The second-order valence-corrected chi connectivity index (χ2v) is 6.73. The van der Waals surface area contributed by atoms with Crippen LogP contribution in [0.4, 0.5) is 0 Å². The van der Waals surface area contributed by atoms with Crippen LogP contribution < -0.4 is 5.73 Å². The van der Waals surface area contributed by atoms with Crippen LogP contribution in [0.1, 0.15) is 64.7 Å². The zero-order valence-corrected chi connectivity index (χ0v) is 13.8. The Morgan fingerprint density at radius 1 is 1.10 bits per heavy atom. The van der Waals surface area contributed by atoms with E-state index in [1.807, 2.05) is 0 Å². The van der Waals surface area contributed by atoms with Crippen molar-refractivity contribution >= 4 is 5.96 Å². The minimum absolute atomic E-state index is 0.353. The molecule has 4 heteroatoms. The Morgan fingerprint density at radius 3 is 2.38 bits per heavy atom. The highest BCUT2D eigenvalue weighted by molar-refractivity contribution is 5.78. The van der Waals surface area contributed by atoms with Crippen LogP contribution in [-0.2, 0) is 4.74 Å². The molecule has 0 unspecified atom stereocenters. The van der Waals surface area contributed by atoms with E-state index in [0.717, 1.165) is 45.2 Å². The fraction of sp³-hybridized carbons (Fsp3) is 0.941. The molecule has 1 aliphatic carbocycles. The van der Waals surface area contributed by atoms with Crippen LogP contribution in [0.3, 0.4) is 0 Å². The van der Waals surface area contributed by atoms with Crippen molar-refractivity contribution in [2.75, 3.05) is 32.8 Å². The van der Waals surface area contributed by atoms with Gasteiger partial charge in [0.25, 0.3) is 0 Å². The van der Waals surface area contributed by atoms with E-state index in [4.69, 9.17) is 15.5 Å². The lowest BCUT2D eigenvalue weighted by Gasteiger charge is -2.28. The van der Waals surface area contributed by atoms with Crippen molar-refractivity contribution in [1.29, 1.82) is 0 Å². The van der Waals surface area contributed by atoms with Crippen LogP contribution in [0.25, 0.3) is 0 Å². The zero-order chi connectivity index (χ0) is 15.0. The van der Waals surface area contributed by atoms with E-state index < -0.39 is 0 Å². The number of ether oxygens (including phenoxy) is 1. The third-order valence-electron chi connectivity index (χ3n) is 5.15. The summed E-state index contributed by atoms with van der Waals surface area (Å²) in [5, 5.41) is 0. The second-order valence-electron chi connectivity index (χ2n) is 6.73. The zero-order valence-electron chi connectivity index (χ0n) is 13.8. The maximum atomic E-state index is 6.25. The maximum absolute atomic E-state index is 6.25. The van der Waals surface area contributed by atoms with Gasteiger partial charge in [0, 0.05) is 32.8 Å². The Labute approximate surface area is 130 Å². The summed E-state index contributed by atoms with van der Waals surface area (Å²) in [6, 6.07) is 0. The third kappa shape index (κ3) is 5.17. The molecular formula is C17H33N3O. The topological polar surface area (TPSA) is 50.9 Å². The van der Waals surface area contributed by atoms with Crippen molar-refractivity contribution in [3.05, 3.63) is 0 Å². The first-order valence-electron chi connectivity index (χ1n) is 8.88. The van der Waals surface area contributed by atoms with Gasteiger partial charge in [0.1, 0.15) is 0 Å². The van der Waals surface area contributed by atoms with E-state index in [-0.39, 0.29) is 0 Å². The number of guanidine groups is 1. The van der Waals surface area contributed by atoms with Gasteiger partial charge in [-0.1, -0.05) is 25.7 Å². The average molecular weight is 295 g/mol. The third-order valence-corrected chi connectivity index (χ3v) is 5.15. The van der Waals surface area contributed by atoms with Gasteiger partial charge in [-0.25, -0.2) is 0 Å². The van der Waals surface area contributed by atoms with E-state index in [0.29, 0.717) is 5.41 Å². The maximum Gasteiger partial charge on any atom is 0.191 e. The lowest BCUT2D eigenvalue weighted by atomic mass is 9.83. The predicted octanol–water partition coefficient (Wildman–Crippen LogP) is 3.16.